The molecule has 0 aliphatic rings. The molecule has 0 aliphatic carbocycles. The number of carbonyl (C=O) groups excluding carboxylic acids is 2. The van der Waals surface area contributed by atoms with Crippen molar-refractivity contribution < 1.29 is 14.3 Å². The molecule has 4 nitrogen and oxygen atoms in total. The minimum absolute atomic E-state index is 0.0639. The summed E-state index contributed by atoms with van der Waals surface area (Å²) in [6, 6.07) is 5.50. The minimum Gasteiger partial charge on any atom is -0.465 e. The normalized spacial score (nSPS) is 9.95. The van der Waals surface area contributed by atoms with Gasteiger partial charge in [0.1, 0.15) is 6.54 Å². The number of hydrogen-bond donors (Lipinski definition) is 0. The topological polar surface area (TPSA) is 46.6 Å². The van der Waals surface area contributed by atoms with E-state index in [4.69, 9.17) is 4.74 Å². The highest BCUT2D eigenvalue weighted by Gasteiger charge is 2.18. The number of hydrogen-bond acceptors (Lipinski definition) is 3. The highest BCUT2D eigenvalue weighted by atomic mass is 16.5. The van der Waals surface area contributed by atoms with Crippen LogP contribution in [0.5, 0.6) is 0 Å². The molecule has 0 aliphatic heterocycles. The van der Waals surface area contributed by atoms with Crippen LogP contribution >= 0.6 is 0 Å². The van der Waals surface area contributed by atoms with Crippen molar-refractivity contribution in [2.24, 2.45) is 0 Å². The predicted molar refractivity (Wildman–Crippen MR) is 78.6 cm³/mol. The average molecular weight is 275 g/mol. The lowest BCUT2D eigenvalue weighted by molar-refractivity contribution is -0.143. The third kappa shape index (κ3) is 4.23. The molecule has 108 valence electrons. The van der Waals surface area contributed by atoms with E-state index in [0.29, 0.717) is 18.7 Å². The Morgan fingerprint density at radius 3 is 2.55 bits per heavy atom. The van der Waals surface area contributed by atoms with Gasteiger partial charge in [0.2, 0.25) is 0 Å². The Balaban J connectivity index is 2.89. The first-order valence-corrected chi connectivity index (χ1v) is 6.62. The fraction of sp³-hybridized carbons (Fsp3) is 0.375. The summed E-state index contributed by atoms with van der Waals surface area (Å²) in [5.41, 5.74) is 2.74. The summed E-state index contributed by atoms with van der Waals surface area (Å²) in [6.45, 7) is 9.85. The highest BCUT2D eigenvalue weighted by molar-refractivity contribution is 5.96. The van der Waals surface area contributed by atoms with Gasteiger partial charge in [-0.15, -0.1) is 6.58 Å². The lowest BCUT2D eigenvalue weighted by Crippen LogP contribution is -2.36. The van der Waals surface area contributed by atoms with Crippen LogP contribution in [-0.2, 0) is 9.53 Å². The Bertz CT molecular complexity index is 508. The van der Waals surface area contributed by atoms with E-state index >= 15 is 0 Å². The first kappa shape index (κ1) is 16.0. The second kappa shape index (κ2) is 7.48. The van der Waals surface area contributed by atoms with Gasteiger partial charge in [-0.25, -0.2) is 0 Å². The van der Waals surface area contributed by atoms with Gasteiger partial charge < -0.3 is 9.64 Å². The summed E-state index contributed by atoms with van der Waals surface area (Å²) < 4.78 is 4.88. The van der Waals surface area contributed by atoms with Gasteiger partial charge in [0.15, 0.2) is 0 Å². The van der Waals surface area contributed by atoms with Gasteiger partial charge in [0.25, 0.3) is 5.91 Å². The van der Waals surface area contributed by atoms with Crippen LogP contribution in [0.4, 0.5) is 0 Å². The van der Waals surface area contributed by atoms with E-state index in [9.17, 15) is 9.59 Å². The number of aryl methyl sites for hydroxylation is 2. The molecule has 0 aromatic heterocycles. The monoisotopic (exact) mass is 275 g/mol. The maximum absolute atomic E-state index is 12.4. The van der Waals surface area contributed by atoms with Crippen molar-refractivity contribution in [2.45, 2.75) is 20.8 Å². The Morgan fingerprint density at radius 2 is 2.00 bits per heavy atom. The van der Waals surface area contributed by atoms with Gasteiger partial charge in [-0.2, -0.15) is 0 Å². The first-order chi connectivity index (χ1) is 9.49. The fourth-order valence-corrected chi connectivity index (χ4v) is 1.79. The molecule has 20 heavy (non-hydrogen) atoms. The van der Waals surface area contributed by atoms with E-state index in [1.165, 1.54) is 4.90 Å². The summed E-state index contributed by atoms with van der Waals surface area (Å²) in [7, 11) is 0. The number of benzene rings is 1. The fourth-order valence-electron chi connectivity index (χ4n) is 1.79. The zero-order valence-electron chi connectivity index (χ0n) is 12.3. The zero-order chi connectivity index (χ0) is 15.1. The van der Waals surface area contributed by atoms with E-state index in [0.717, 1.165) is 11.1 Å². The summed E-state index contributed by atoms with van der Waals surface area (Å²) in [4.78, 5) is 25.4. The van der Waals surface area contributed by atoms with Crippen molar-refractivity contribution in [1.82, 2.24) is 4.90 Å². The third-order valence-electron chi connectivity index (χ3n) is 3.02. The van der Waals surface area contributed by atoms with Crippen molar-refractivity contribution in [3.8, 4) is 0 Å². The summed E-state index contributed by atoms with van der Waals surface area (Å²) in [6.07, 6.45) is 1.60. The summed E-state index contributed by atoms with van der Waals surface area (Å²) in [5, 5.41) is 0. The molecule has 0 fully saturated rings. The number of amides is 1. The van der Waals surface area contributed by atoms with Crippen LogP contribution in [0.15, 0.2) is 30.9 Å². The standard InChI is InChI=1S/C16H21NO3/c1-5-9-17(11-15(18)20-6-2)16(19)14-8-7-12(3)13(4)10-14/h5,7-8,10H,1,6,9,11H2,2-4H3. The van der Waals surface area contributed by atoms with Crippen LogP contribution in [0.2, 0.25) is 0 Å². The van der Waals surface area contributed by atoms with Gasteiger partial charge in [-0.05, 0) is 44.0 Å². The second-order valence-corrected chi connectivity index (χ2v) is 4.58. The van der Waals surface area contributed by atoms with Crippen LogP contribution in [0, 0.1) is 13.8 Å². The predicted octanol–water partition coefficient (Wildman–Crippen LogP) is 2.49. The highest BCUT2D eigenvalue weighted by Crippen LogP contribution is 2.12. The molecule has 0 saturated carbocycles. The lowest BCUT2D eigenvalue weighted by Gasteiger charge is -2.20. The molecule has 4 heteroatoms. The maximum atomic E-state index is 12.4. The van der Waals surface area contributed by atoms with Crippen LogP contribution in [0.25, 0.3) is 0 Å². The van der Waals surface area contributed by atoms with E-state index in [1.807, 2.05) is 26.0 Å². The van der Waals surface area contributed by atoms with E-state index in [-0.39, 0.29) is 12.5 Å². The molecule has 1 aromatic carbocycles. The zero-order valence-corrected chi connectivity index (χ0v) is 12.3. The molecular weight excluding hydrogens is 254 g/mol. The molecule has 1 amide bonds. The second-order valence-electron chi connectivity index (χ2n) is 4.58. The van der Waals surface area contributed by atoms with E-state index in [1.54, 1.807) is 19.1 Å². The van der Waals surface area contributed by atoms with Crippen molar-refractivity contribution in [2.75, 3.05) is 19.7 Å². The Morgan fingerprint density at radius 1 is 1.30 bits per heavy atom. The number of nitrogens with zero attached hydrogens (tertiary/aromatic N) is 1. The molecular formula is C16H21NO3. The van der Waals surface area contributed by atoms with Crippen molar-refractivity contribution in [3.05, 3.63) is 47.5 Å². The molecule has 0 atom stereocenters. The average Bonchev–Trinajstić information content (AvgIpc) is 2.41. The van der Waals surface area contributed by atoms with Crippen LogP contribution in [0.1, 0.15) is 28.4 Å². The van der Waals surface area contributed by atoms with Crippen molar-refractivity contribution in [1.29, 1.82) is 0 Å². The van der Waals surface area contributed by atoms with Crippen LogP contribution in [0.3, 0.4) is 0 Å². The van der Waals surface area contributed by atoms with E-state index < -0.39 is 5.97 Å². The quantitative estimate of drug-likeness (QED) is 0.592. The molecule has 0 heterocycles. The Kier molecular flexibility index (Phi) is 5.97. The molecule has 1 rings (SSSR count). The number of esters is 1. The Labute approximate surface area is 120 Å². The Hall–Kier alpha value is -2.10. The molecule has 0 spiro atoms. The molecule has 0 N–H and O–H groups in total. The van der Waals surface area contributed by atoms with Crippen LogP contribution < -0.4 is 0 Å². The minimum atomic E-state index is -0.411. The number of carbonyl (C=O) groups is 2. The summed E-state index contributed by atoms with van der Waals surface area (Å²) in [5.74, 6) is -0.604. The SMILES string of the molecule is C=CCN(CC(=O)OCC)C(=O)c1ccc(C)c(C)c1. The van der Waals surface area contributed by atoms with Crippen LogP contribution in [-0.4, -0.2) is 36.5 Å². The van der Waals surface area contributed by atoms with Crippen molar-refractivity contribution >= 4 is 11.9 Å². The molecule has 0 unspecified atom stereocenters. The third-order valence-corrected chi connectivity index (χ3v) is 3.02. The smallest absolute Gasteiger partial charge is 0.325 e. The van der Waals surface area contributed by atoms with Gasteiger partial charge in [-0.1, -0.05) is 12.1 Å². The first-order valence-electron chi connectivity index (χ1n) is 6.62. The molecule has 0 radical (unpaired) electrons. The maximum Gasteiger partial charge on any atom is 0.325 e. The van der Waals surface area contributed by atoms with Gasteiger partial charge in [0, 0.05) is 12.1 Å². The lowest BCUT2D eigenvalue weighted by atomic mass is 10.1. The molecule has 1 aromatic rings. The summed E-state index contributed by atoms with van der Waals surface area (Å²) >= 11 is 0. The molecule has 0 bridgehead atoms. The van der Waals surface area contributed by atoms with Gasteiger partial charge in [-0.3, -0.25) is 9.59 Å². The van der Waals surface area contributed by atoms with E-state index in [2.05, 4.69) is 6.58 Å². The van der Waals surface area contributed by atoms with Gasteiger partial charge in [0.05, 0.1) is 6.61 Å². The largest absolute Gasteiger partial charge is 0.465 e. The number of rotatable bonds is 6. The van der Waals surface area contributed by atoms with Gasteiger partial charge >= 0.3 is 5.97 Å². The number of ether oxygens (including phenoxy) is 1. The van der Waals surface area contributed by atoms with Crippen molar-refractivity contribution in [3.63, 3.8) is 0 Å². The molecule has 0 saturated heterocycles.